The van der Waals surface area contributed by atoms with Crippen LogP contribution in [-0.4, -0.2) is 89.8 Å². The van der Waals surface area contributed by atoms with Gasteiger partial charge in [0.2, 0.25) is 0 Å². The summed E-state index contributed by atoms with van der Waals surface area (Å²) in [4.78, 5) is 0. The van der Waals surface area contributed by atoms with Crippen LogP contribution < -0.4 is 0 Å². The highest BCUT2D eigenvalue weighted by molar-refractivity contribution is 4.88. The summed E-state index contributed by atoms with van der Waals surface area (Å²) in [6.07, 6.45) is -7.76. The molecule has 8 atom stereocenters. The number of aliphatic hydroxyl groups is 4. The highest BCUT2D eigenvalue weighted by Gasteiger charge is 2.44. The summed E-state index contributed by atoms with van der Waals surface area (Å²) in [5.41, 5.74) is 0. The first kappa shape index (κ1) is 16.1. The second-order valence-corrected chi connectivity index (χ2v) is 5.15. The minimum Gasteiger partial charge on any atom is -0.388 e. The van der Waals surface area contributed by atoms with Crippen molar-refractivity contribution < 1.29 is 39.4 Å². The van der Waals surface area contributed by atoms with Gasteiger partial charge in [0, 0.05) is 7.11 Å². The van der Waals surface area contributed by atoms with E-state index in [1.165, 1.54) is 7.11 Å². The van der Waals surface area contributed by atoms with Crippen LogP contribution in [0.25, 0.3) is 0 Å². The Morgan fingerprint density at radius 1 is 0.850 bits per heavy atom. The smallest absolute Gasteiger partial charge is 0.186 e. The molecule has 0 aromatic heterocycles. The van der Waals surface area contributed by atoms with Crippen LogP contribution >= 0.6 is 0 Å². The predicted molar refractivity (Wildman–Crippen MR) is 64.9 cm³/mol. The number of hydrogen-bond donors (Lipinski definition) is 4. The minimum atomic E-state index is -1.31. The van der Waals surface area contributed by atoms with Crippen molar-refractivity contribution in [2.24, 2.45) is 0 Å². The van der Waals surface area contributed by atoms with Gasteiger partial charge in [0.1, 0.15) is 36.6 Å². The first-order chi connectivity index (χ1) is 9.45. The molecule has 20 heavy (non-hydrogen) atoms. The molecule has 0 saturated carbocycles. The van der Waals surface area contributed by atoms with Crippen molar-refractivity contribution in [3.8, 4) is 0 Å². The maximum Gasteiger partial charge on any atom is 0.186 e. The average Bonchev–Trinajstić information content (AvgIpc) is 2.44. The molecule has 2 rings (SSSR count). The van der Waals surface area contributed by atoms with Gasteiger partial charge in [0.15, 0.2) is 6.29 Å². The SMILES string of the molecule is COC1COC(OC2COC(C)C(O)C2O)C(O)C1O. The van der Waals surface area contributed by atoms with E-state index in [1.54, 1.807) is 6.92 Å². The van der Waals surface area contributed by atoms with Crippen molar-refractivity contribution >= 4 is 0 Å². The van der Waals surface area contributed by atoms with Gasteiger partial charge < -0.3 is 39.4 Å². The number of hydrogen-bond acceptors (Lipinski definition) is 8. The minimum absolute atomic E-state index is 0.0576. The molecule has 118 valence electrons. The van der Waals surface area contributed by atoms with Crippen LogP contribution in [0.2, 0.25) is 0 Å². The Morgan fingerprint density at radius 3 is 2.10 bits per heavy atom. The van der Waals surface area contributed by atoms with Crippen LogP contribution in [-0.2, 0) is 18.9 Å². The highest BCUT2D eigenvalue weighted by Crippen LogP contribution is 2.24. The van der Waals surface area contributed by atoms with Gasteiger partial charge in [0.05, 0.1) is 19.3 Å². The molecule has 0 amide bonds. The fraction of sp³-hybridized carbons (Fsp3) is 1.00. The zero-order valence-corrected chi connectivity index (χ0v) is 11.5. The normalized spacial score (nSPS) is 50.1. The topological polar surface area (TPSA) is 118 Å². The van der Waals surface area contributed by atoms with Gasteiger partial charge in [-0.15, -0.1) is 0 Å². The van der Waals surface area contributed by atoms with E-state index in [-0.39, 0.29) is 13.2 Å². The Kier molecular flexibility index (Phi) is 5.32. The Morgan fingerprint density at radius 2 is 1.45 bits per heavy atom. The summed E-state index contributed by atoms with van der Waals surface area (Å²) in [7, 11) is 1.40. The van der Waals surface area contributed by atoms with E-state index in [0.717, 1.165) is 0 Å². The first-order valence-electron chi connectivity index (χ1n) is 6.59. The second kappa shape index (κ2) is 6.63. The van der Waals surface area contributed by atoms with E-state index >= 15 is 0 Å². The highest BCUT2D eigenvalue weighted by atomic mass is 16.7. The maximum absolute atomic E-state index is 9.91. The monoisotopic (exact) mass is 294 g/mol. The molecule has 0 aromatic rings. The number of methoxy groups -OCH3 is 1. The summed E-state index contributed by atoms with van der Waals surface area (Å²) in [5, 5.41) is 39.4. The Bertz CT molecular complexity index is 314. The van der Waals surface area contributed by atoms with Gasteiger partial charge in [-0.25, -0.2) is 0 Å². The summed E-state index contributed by atoms with van der Waals surface area (Å²) >= 11 is 0. The van der Waals surface area contributed by atoms with Gasteiger partial charge in [-0.05, 0) is 6.92 Å². The van der Waals surface area contributed by atoms with E-state index in [4.69, 9.17) is 18.9 Å². The lowest BCUT2D eigenvalue weighted by Crippen LogP contribution is -2.59. The van der Waals surface area contributed by atoms with Crippen molar-refractivity contribution in [3.05, 3.63) is 0 Å². The molecule has 0 aromatic carbocycles. The lowest BCUT2D eigenvalue weighted by molar-refractivity contribution is -0.310. The van der Waals surface area contributed by atoms with Gasteiger partial charge in [-0.2, -0.15) is 0 Å². The quantitative estimate of drug-likeness (QED) is 0.455. The fourth-order valence-corrected chi connectivity index (χ4v) is 2.33. The summed E-state index contributed by atoms with van der Waals surface area (Å²) < 4.78 is 20.9. The molecule has 8 heteroatoms. The molecule has 0 radical (unpaired) electrons. The van der Waals surface area contributed by atoms with E-state index in [2.05, 4.69) is 0 Å². The predicted octanol–water partition coefficient (Wildman–Crippen LogP) is -2.39. The van der Waals surface area contributed by atoms with Crippen LogP contribution in [0.15, 0.2) is 0 Å². The third kappa shape index (κ3) is 3.12. The average molecular weight is 294 g/mol. The Hall–Kier alpha value is -0.320. The van der Waals surface area contributed by atoms with Crippen LogP contribution in [0.4, 0.5) is 0 Å². The van der Waals surface area contributed by atoms with Gasteiger partial charge in [-0.1, -0.05) is 0 Å². The molecular formula is C12H22O8. The van der Waals surface area contributed by atoms with Crippen molar-refractivity contribution in [3.63, 3.8) is 0 Å². The van der Waals surface area contributed by atoms with Crippen LogP contribution in [0.1, 0.15) is 6.92 Å². The van der Waals surface area contributed by atoms with Crippen molar-refractivity contribution in [1.82, 2.24) is 0 Å². The molecule has 2 saturated heterocycles. The number of rotatable bonds is 3. The molecule has 4 N–H and O–H groups in total. The van der Waals surface area contributed by atoms with E-state index < -0.39 is 49.0 Å². The van der Waals surface area contributed by atoms with E-state index in [0.29, 0.717) is 0 Å². The number of ether oxygens (including phenoxy) is 4. The third-order valence-corrected chi connectivity index (χ3v) is 3.78. The Labute approximate surface area is 116 Å². The van der Waals surface area contributed by atoms with Crippen LogP contribution in [0.3, 0.4) is 0 Å². The second-order valence-electron chi connectivity index (χ2n) is 5.15. The van der Waals surface area contributed by atoms with Crippen molar-refractivity contribution in [2.45, 2.75) is 55.9 Å². The maximum atomic E-state index is 9.91. The largest absolute Gasteiger partial charge is 0.388 e. The summed E-state index contributed by atoms with van der Waals surface area (Å²) in [6.45, 7) is 1.76. The van der Waals surface area contributed by atoms with Gasteiger partial charge in [0.25, 0.3) is 0 Å². The van der Waals surface area contributed by atoms with E-state index in [9.17, 15) is 20.4 Å². The summed E-state index contributed by atoms with van der Waals surface area (Å²) in [5.74, 6) is 0. The van der Waals surface area contributed by atoms with Crippen LogP contribution in [0, 0.1) is 0 Å². The fourth-order valence-electron chi connectivity index (χ4n) is 2.33. The molecule has 2 aliphatic rings. The molecule has 8 nitrogen and oxygen atoms in total. The molecule has 0 spiro atoms. The lowest BCUT2D eigenvalue weighted by Gasteiger charge is -2.41. The molecule has 2 aliphatic heterocycles. The zero-order chi connectivity index (χ0) is 14.9. The van der Waals surface area contributed by atoms with E-state index in [1.807, 2.05) is 0 Å². The standard InChI is InChI=1S/C12H22O8/c1-5-8(13)10(15)7(4-18-5)20-12-11(16)9(14)6(17-2)3-19-12/h5-16H,3-4H2,1-2H3. The molecular weight excluding hydrogens is 272 g/mol. The zero-order valence-electron chi connectivity index (χ0n) is 11.5. The van der Waals surface area contributed by atoms with Gasteiger partial charge >= 0.3 is 0 Å². The molecule has 0 bridgehead atoms. The van der Waals surface area contributed by atoms with Gasteiger partial charge in [-0.3, -0.25) is 0 Å². The summed E-state index contributed by atoms with van der Waals surface area (Å²) in [6, 6.07) is 0. The molecule has 2 fully saturated rings. The molecule has 2 heterocycles. The molecule has 0 aliphatic carbocycles. The lowest BCUT2D eigenvalue weighted by atomic mass is 10.0. The van der Waals surface area contributed by atoms with Crippen molar-refractivity contribution in [2.75, 3.05) is 20.3 Å². The van der Waals surface area contributed by atoms with Crippen molar-refractivity contribution in [1.29, 1.82) is 0 Å². The third-order valence-electron chi connectivity index (χ3n) is 3.78. The molecule has 8 unspecified atom stereocenters. The Balaban J connectivity index is 1.93. The van der Waals surface area contributed by atoms with Crippen LogP contribution in [0.5, 0.6) is 0 Å². The number of aliphatic hydroxyl groups excluding tert-OH is 4. The first-order valence-corrected chi connectivity index (χ1v) is 6.59.